The third kappa shape index (κ3) is 3.04. The third-order valence-corrected chi connectivity index (χ3v) is 2.09. The van der Waals surface area contributed by atoms with Gasteiger partial charge in [0.1, 0.15) is 0 Å². The van der Waals surface area contributed by atoms with Crippen LogP contribution in [0.25, 0.3) is 0 Å². The van der Waals surface area contributed by atoms with Gasteiger partial charge in [0.05, 0.1) is 7.11 Å². The van der Waals surface area contributed by atoms with Crippen LogP contribution >= 0.6 is 0 Å². The molecule has 1 aromatic carbocycles. The molecular weight excluding hydrogens is 218 g/mol. The van der Waals surface area contributed by atoms with Crippen molar-refractivity contribution in [2.75, 3.05) is 13.7 Å². The Morgan fingerprint density at radius 3 is 2.50 bits per heavy atom. The van der Waals surface area contributed by atoms with E-state index in [9.17, 15) is 8.78 Å². The first-order valence-corrected chi connectivity index (χ1v) is 4.67. The van der Waals surface area contributed by atoms with Gasteiger partial charge in [0, 0.05) is 12.6 Å². The summed E-state index contributed by atoms with van der Waals surface area (Å²) in [6, 6.07) is 4.17. The topological polar surface area (TPSA) is 70.5 Å². The molecule has 0 aliphatic rings. The van der Waals surface area contributed by atoms with Gasteiger partial charge in [-0.05, 0) is 17.7 Å². The normalized spacial score (nSPS) is 12.6. The van der Waals surface area contributed by atoms with E-state index < -0.39 is 12.7 Å². The van der Waals surface area contributed by atoms with Crippen molar-refractivity contribution in [1.29, 1.82) is 0 Å². The minimum absolute atomic E-state index is 0.0427. The summed E-state index contributed by atoms with van der Waals surface area (Å²) in [5.74, 6) is 0.187. The molecule has 0 radical (unpaired) electrons. The Morgan fingerprint density at radius 1 is 1.31 bits per heavy atom. The average Bonchev–Trinajstić information content (AvgIpc) is 2.27. The van der Waals surface area contributed by atoms with Gasteiger partial charge in [0.15, 0.2) is 11.5 Å². The molecule has 0 bridgehead atoms. The summed E-state index contributed by atoms with van der Waals surface area (Å²) in [5, 5.41) is 0. The number of rotatable bonds is 5. The fourth-order valence-electron chi connectivity index (χ4n) is 1.25. The molecule has 0 unspecified atom stereocenters. The number of methoxy groups -OCH3 is 1. The second-order valence-electron chi connectivity index (χ2n) is 3.13. The maximum absolute atomic E-state index is 12.1. The molecule has 0 heterocycles. The summed E-state index contributed by atoms with van der Waals surface area (Å²) in [6.45, 7) is -2.68. The fraction of sp³-hybridized carbons (Fsp3) is 0.400. The van der Waals surface area contributed by atoms with E-state index in [4.69, 9.17) is 16.2 Å². The van der Waals surface area contributed by atoms with Crippen LogP contribution in [0.5, 0.6) is 11.5 Å². The molecule has 0 amide bonds. The van der Waals surface area contributed by atoms with Gasteiger partial charge < -0.3 is 20.9 Å². The summed E-state index contributed by atoms with van der Waals surface area (Å²) in [5.41, 5.74) is 11.7. The molecule has 6 heteroatoms. The second kappa shape index (κ2) is 5.62. The van der Waals surface area contributed by atoms with E-state index in [0.29, 0.717) is 5.56 Å². The Morgan fingerprint density at radius 2 is 2.00 bits per heavy atom. The predicted octanol–water partition coefficient (Wildman–Crippen LogP) is 1.26. The third-order valence-electron chi connectivity index (χ3n) is 2.09. The van der Waals surface area contributed by atoms with Crippen LogP contribution in [0, 0.1) is 0 Å². The van der Waals surface area contributed by atoms with Gasteiger partial charge in [-0.2, -0.15) is 8.78 Å². The predicted molar refractivity (Wildman–Crippen MR) is 55.6 cm³/mol. The first-order valence-electron chi connectivity index (χ1n) is 4.67. The number of ether oxygens (including phenoxy) is 2. The highest BCUT2D eigenvalue weighted by molar-refractivity contribution is 5.43. The molecule has 0 fully saturated rings. The number of benzene rings is 1. The number of hydrogen-bond acceptors (Lipinski definition) is 4. The van der Waals surface area contributed by atoms with Crippen molar-refractivity contribution in [3.8, 4) is 11.5 Å². The highest BCUT2D eigenvalue weighted by atomic mass is 19.3. The summed E-state index contributed by atoms with van der Waals surface area (Å²) in [6.07, 6.45) is 0. The van der Waals surface area contributed by atoms with Crippen LogP contribution in [-0.2, 0) is 0 Å². The number of nitrogens with two attached hydrogens (primary N) is 2. The first kappa shape index (κ1) is 12.7. The zero-order valence-electron chi connectivity index (χ0n) is 8.82. The minimum atomic E-state index is -2.90. The molecule has 0 aromatic heterocycles. The molecule has 1 atom stereocenters. The molecule has 4 nitrogen and oxygen atoms in total. The van der Waals surface area contributed by atoms with Crippen molar-refractivity contribution in [3.05, 3.63) is 23.8 Å². The van der Waals surface area contributed by atoms with E-state index in [1.807, 2.05) is 0 Å². The lowest BCUT2D eigenvalue weighted by Crippen LogP contribution is -2.20. The Kier molecular flexibility index (Phi) is 4.45. The van der Waals surface area contributed by atoms with Crippen molar-refractivity contribution < 1.29 is 18.3 Å². The molecule has 0 saturated carbocycles. The summed E-state index contributed by atoms with van der Waals surface area (Å²) < 4.78 is 33.4. The molecular formula is C10H14F2N2O2. The highest BCUT2D eigenvalue weighted by Gasteiger charge is 2.13. The molecule has 1 aromatic rings. The second-order valence-corrected chi connectivity index (χ2v) is 3.13. The lowest BCUT2D eigenvalue weighted by molar-refractivity contribution is -0.0512. The molecule has 1 rings (SSSR count). The molecule has 90 valence electrons. The largest absolute Gasteiger partial charge is 0.493 e. The van der Waals surface area contributed by atoms with Crippen LogP contribution < -0.4 is 20.9 Å². The Bertz CT molecular complexity index is 348. The van der Waals surface area contributed by atoms with E-state index in [0.717, 1.165) is 0 Å². The van der Waals surface area contributed by atoms with Crippen molar-refractivity contribution in [2.24, 2.45) is 11.5 Å². The van der Waals surface area contributed by atoms with Crippen molar-refractivity contribution in [1.82, 2.24) is 0 Å². The van der Waals surface area contributed by atoms with Crippen molar-refractivity contribution >= 4 is 0 Å². The maximum Gasteiger partial charge on any atom is 0.387 e. The zero-order valence-corrected chi connectivity index (χ0v) is 8.82. The number of alkyl halides is 2. The summed E-state index contributed by atoms with van der Waals surface area (Å²) in [4.78, 5) is 0. The lowest BCUT2D eigenvalue weighted by Gasteiger charge is -2.14. The highest BCUT2D eigenvalue weighted by Crippen LogP contribution is 2.30. The lowest BCUT2D eigenvalue weighted by atomic mass is 10.1. The smallest absolute Gasteiger partial charge is 0.387 e. The number of hydrogen-bond donors (Lipinski definition) is 2. The standard InChI is InChI=1S/C10H14F2N2O2/c1-15-8-3-2-6(7(14)5-13)4-9(8)16-10(11)12/h2-4,7,10H,5,13-14H2,1H3/t7-/m0/s1. The SMILES string of the molecule is COc1ccc([C@@H](N)CN)cc1OC(F)F. The quantitative estimate of drug-likeness (QED) is 0.801. The molecule has 0 spiro atoms. The minimum Gasteiger partial charge on any atom is -0.493 e. The summed E-state index contributed by atoms with van der Waals surface area (Å²) in [7, 11) is 1.37. The Balaban J connectivity index is 3.00. The van der Waals surface area contributed by atoms with Crippen LogP contribution in [0.4, 0.5) is 8.78 Å². The van der Waals surface area contributed by atoms with Crippen LogP contribution in [-0.4, -0.2) is 20.3 Å². The van der Waals surface area contributed by atoms with Gasteiger partial charge in [-0.15, -0.1) is 0 Å². The van der Waals surface area contributed by atoms with E-state index in [1.165, 1.54) is 19.2 Å². The number of halogens is 2. The van der Waals surface area contributed by atoms with Gasteiger partial charge in [0.25, 0.3) is 0 Å². The average molecular weight is 232 g/mol. The Labute approximate surface area is 92.1 Å². The van der Waals surface area contributed by atoms with E-state index in [1.54, 1.807) is 6.07 Å². The van der Waals surface area contributed by atoms with Crippen LogP contribution in [0.2, 0.25) is 0 Å². The van der Waals surface area contributed by atoms with Crippen LogP contribution in [0.3, 0.4) is 0 Å². The van der Waals surface area contributed by atoms with Crippen LogP contribution in [0.15, 0.2) is 18.2 Å². The van der Waals surface area contributed by atoms with Gasteiger partial charge >= 0.3 is 6.61 Å². The van der Waals surface area contributed by atoms with Gasteiger partial charge in [0.2, 0.25) is 0 Å². The van der Waals surface area contributed by atoms with E-state index in [-0.39, 0.29) is 18.0 Å². The molecule has 0 aliphatic carbocycles. The monoisotopic (exact) mass is 232 g/mol. The Hall–Kier alpha value is -1.40. The zero-order chi connectivity index (χ0) is 12.1. The summed E-state index contributed by atoms with van der Waals surface area (Å²) >= 11 is 0. The van der Waals surface area contributed by atoms with E-state index >= 15 is 0 Å². The van der Waals surface area contributed by atoms with Crippen molar-refractivity contribution in [3.63, 3.8) is 0 Å². The first-order chi connectivity index (χ1) is 7.58. The molecule has 0 saturated heterocycles. The molecule has 16 heavy (non-hydrogen) atoms. The maximum atomic E-state index is 12.1. The molecule has 0 aliphatic heterocycles. The molecule has 4 N–H and O–H groups in total. The van der Waals surface area contributed by atoms with Gasteiger partial charge in [-0.3, -0.25) is 0 Å². The van der Waals surface area contributed by atoms with Crippen molar-refractivity contribution in [2.45, 2.75) is 12.7 Å². The van der Waals surface area contributed by atoms with Gasteiger partial charge in [-0.1, -0.05) is 6.07 Å². The van der Waals surface area contributed by atoms with E-state index in [2.05, 4.69) is 4.74 Å². The van der Waals surface area contributed by atoms with Crippen LogP contribution in [0.1, 0.15) is 11.6 Å². The van der Waals surface area contributed by atoms with Gasteiger partial charge in [-0.25, -0.2) is 0 Å². The fourth-order valence-corrected chi connectivity index (χ4v) is 1.25.